The Morgan fingerprint density at radius 2 is 2.36 bits per heavy atom. The molecule has 0 atom stereocenters. The molecule has 60 valence electrons. The first-order valence-corrected chi connectivity index (χ1v) is 3.71. The maximum Gasteiger partial charge on any atom is 0.228 e. The number of hydrogen-bond donors (Lipinski definition) is 0. The second-order valence-electron chi connectivity index (χ2n) is 2.54. The van der Waals surface area contributed by atoms with E-state index in [4.69, 9.17) is 0 Å². The number of aryl methyl sites for hydroxylation is 2. The molecule has 1 aromatic heterocycles. The molecule has 3 nitrogen and oxygen atoms in total. The highest BCUT2D eigenvalue weighted by Gasteiger charge is 2.05. The van der Waals surface area contributed by atoms with Crippen molar-refractivity contribution in [2.45, 2.75) is 27.2 Å². The van der Waals surface area contributed by atoms with Crippen LogP contribution in [0.15, 0.2) is 6.20 Å². The van der Waals surface area contributed by atoms with Crippen LogP contribution in [0.1, 0.15) is 30.2 Å². The number of hydrogen-bond acceptors (Lipinski definition) is 2. The first kappa shape index (κ1) is 7.98. The van der Waals surface area contributed by atoms with Gasteiger partial charge in [0.2, 0.25) is 5.91 Å². The summed E-state index contributed by atoms with van der Waals surface area (Å²) in [4.78, 5) is 15.2. The molecule has 0 saturated heterocycles. The molecule has 0 aromatic carbocycles. The van der Waals surface area contributed by atoms with Gasteiger partial charge in [-0.15, -0.1) is 0 Å². The van der Waals surface area contributed by atoms with E-state index in [0.717, 1.165) is 17.9 Å². The highest BCUT2D eigenvalue weighted by atomic mass is 16.1. The predicted molar refractivity (Wildman–Crippen MR) is 42.6 cm³/mol. The van der Waals surface area contributed by atoms with E-state index < -0.39 is 0 Å². The van der Waals surface area contributed by atoms with Crippen molar-refractivity contribution >= 4 is 5.91 Å². The van der Waals surface area contributed by atoms with E-state index >= 15 is 0 Å². The summed E-state index contributed by atoms with van der Waals surface area (Å²) in [6.45, 7) is 5.42. The van der Waals surface area contributed by atoms with Crippen LogP contribution in [0.3, 0.4) is 0 Å². The lowest BCUT2D eigenvalue weighted by molar-refractivity contribution is 0.0933. The standard InChI is InChI=1S/C8H12N2O/c1-4-8-9-6(2)5-10(8)7(3)11/h5H,4H2,1-3H3. The molecule has 0 amide bonds. The van der Waals surface area contributed by atoms with Gasteiger partial charge in [-0.25, -0.2) is 4.98 Å². The van der Waals surface area contributed by atoms with E-state index in [9.17, 15) is 4.79 Å². The van der Waals surface area contributed by atoms with Gasteiger partial charge in [0.05, 0.1) is 5.69 Å². The van der Waals surface area contributed by atoms with Crippen LogP contribution in [-0.4, -0.2) is 15.5 Å². The molecule has 3 heteroatoms. The predicted octanol–water partition coefficient (Wildman–Crippen LogP) is 1.41. The lowest BCUT2D eigenvalue weighted by Crippen LogP contribution is -2.07. The van der Waals surface area contributed by atoms with Gasteiger partial charge in [-0.2, -0.15) is 0 Å². The fraction of sp³-hybridized carbons (Fsp3) is 0.500. The molecule has 0 aliphatic carbocycles. The molecule has 1 aromatic rings. The summed E-state index contributed by atoms with van der Waals surface area (Å²) in [5.41, 5.74) is 0.900. The average molecular weight is 152 g/mol. The molecule has 0 bridgehead atoms. The molecule has 0 aliphatic heterocycles. The third-order valence-electron chi connectivity index (χ3n) is 1.55. The fourth-order valence-electron chi connectivity index (χ4n) is 1.07. The van der Waals surface area contributed by atoms with Crippen LogP contribution in [0, 0.1) is 6.92 Å². The van der Waals surface area contributed by atoms with Crippen LogP contribution in [-0.2, 0) is 6.42 Å². The molecule has 0 saturated carbocycles. The molecule has 0 N–H and O–H groups in total. The molecule has 1 heterocycles. The second kappa shape index (κ2) is 2.86. The number of imidazole rings is 1. The van der Waals surface area contributed by atoms with Crippen molar-refractivity contribution in [2.75, 3.05) is 0 Å². The Kier molecular flexibility index (Phi) is 2.08. The molecule has 1 rings (SSSR count). The van der Waals surface area contributed by atoms with Crippen LogP contribution in [0.25, 0.3) is 0 Å². The Hall–Kier alpha value is -1.12. The first-order valence-electron chi connectivity index (χ1n) is 3.71. The minimum Gasteiger partial charge on any atom is -0.274 e. The van der Waals surface area contributed by atoms with Gasteiger partial charge in [0, 0.05) is 19.5 Å². The zero-order chi connectivity index (χ0) is 8.43. The smallest absolute Gasteiger partial charge is 0.228 e. The summed E-state index contributed by atoms with van der Waals surface area (Å²) in [6, 6.07) is 0. The quantitative estimate of drug-likeness (QED) is 0.610. The van der Waals surface area contributed by atoms with Gasteiger partial charge in [-0.05, 0) is 6.92 Å². The molecule has 0 aliphatic rings. The molecular formula is C8H12N2O. The zero-order valence-electron chi connectivity index (χ0n) is 7.09. The van der Waals surface area contributed by atoms with Crippen molar-refractivity contribution in [1.82, 2.24) is 9.55 Å². The lowest BCUT2D eigenvalue weighted by atomic mass is 10.4. The molecule has 0 spiro atoms. The molecule has 11 heavy (non-hydrogen) atoms. The van der Waals surface area contributed by atoms with E-state index in [1.165, 1.54) is 0 Å². The van der Waals surface area contributed by atoms with Gasteiger partial charge >= 0.3 is 0 Å². The van der Waals surface area contributed by atoms with Crippen LogP contribution in [0.2, 0.25) is 0 Å². The van der Waals surface area contributed by atoms with Crippen molar-refractivity contribution < 1.29 is 4.79 Å². The molecule has 0 unspecified atom stereocenters. The van der Waals surface area contributed by atoms with Crippen molar-refractivity contribution in [3.05, 3.63) is 17.7 Å². The third kappa shape index (κ3) is 1.48. The third-order valence-corrected chi connectivity index (χ3v) is 1.55. The number of carbonyl (C=O) groups is 1. The SMILES string of the molecule is CCc1nc(C)cn1C(C)=O. The Morgan fingerprint density at radius 3 is 2.73 bits per heavy atom. The lowest BCUT2D eigenvalue weighted by Gasteiger charge is -1.97. The van der Waals surface area contributed by atoms with Crippen molar-refractivity contribution in [3.63, 3.8) is 0 Å². The van der Waals surface area contributed by atoms with Crippen LogP contribution >= 0.6 is 0 Å². The van der Waals surface area contributed by atoms with E-state index in [-0.39, 0.29) is 5.91 Å². The van der Waals surface area contributed by atoms with E-state index in [0.29, 0.717) is 0 Å². The number of rotatable bonds is 1. The van der Waals surface area contributed by atoms with Gasteiger partial charge in [0.1, 0.15) is 5.82 Å². The fourth-order valence-corrected chi connectivity index (χ4v) is 1.07. The van der Waals surface area contributed by atoms with Gasteiger partial charge in [-0.3, -0.25) is 9.36 Å². The summed E-state index contributed by atoms with van der Waals surface area (Å²) in [5.74, 6) is 0.873. The average Bonchev–Trinajstić information content (AvgIpc) is 2.30. The Labute approximate surface area is 66.1 Å². The van der Waals surface area contributed by atoms with Gasteiger partial charge in [0.15, 0.2) is 0 Å². The summed E-state index contributed by atoms with van der Waals surface area (Å²) in [7, 11) is 0. The van der Waals surface area contributed by atoms with E-state index in [1.54, 1.807) is 17.7 Å². The molecule has 0 radical (unpaired) electrons. The maximum atomic E-state index is 11.0. The molecule has 0 fully saturated rings. The highest BCUT2D eigenvalue weighted by molar-refractivity contribution is 5.76. The minimum absolute atomic E-state index is 0.0300. The van der Waals surface area contributed by atoms with Crippen LogP contribution in [0.4, 0.5) is 0 Å². The van der Waals surface area contributed by atoms with Crippen molar-refractivity contribution in [2.24, 2.45) is 0 Å². The van der Waals surface area contributed by atoms with E-state index in [2.05, 4.69) is 4.98 Å². The monoisotopic (exact) mass is 152 g/mol. The number of nitrogens with zero attached hydrogens (tertiary/aromatic N) is 2. The van der Waals surface area contributed by atoms with E-state index in [1.807, 2.05) is 13.8 Å². The van der Waals surface area contributed by atoms with Crippen LogP contribution < -0.4 is 0 Å². The first-order chi connectivity index (χ1) is 5.15. The Morgan fingerprint density at radius 1 is 1.73 bits per heavy atom. The zero-order valence-corrected chi connectivity index (χ0v) is 7.09. The largest absolute Gasteiger partial charge is 0.274 e. The summed E-state index contributed by atoms with van der Waals surface area (Å²) >= 11 is 0. The normalized spacial score (nSPS) is 10.1. The van der Waals surface area contributed by atoms with Crippen LogP contribution in [0.5, 0.6) is 0 Å². The summed E-state index contributed by atoms with van der Waals surface area (Å²) in [6.07, 6.45) is 2.56. The van der Waals surface area contributed by atoms with Gasteiger partial charge in [0.25, 0.3) is 0 Å². The van der Waals surface area contributed by atoms with Gasteiger partial charge < -0.3 is 0 Å². The number of aromatic nitrogens is 2. The second-order valence-corrected chi connectivity index (χ2v) is 2.54. The van der Waals surface area contributed by atoms with Crippen molar-refractivity contribution in [1.29, 1.82) is 0 Å². The maximum absolute atomic E-state index is 11.0. The number of carbonyl (C=O) groups excluding carboxylic acids is 1. The Bertz CT molecular complexity index is 276. The topological polar surface area (TPSA) is 34.9 Å². The van der Waals surface area contributed by atoms with Crippen molar-refractivity contribution in [3.8, 4) is 0 Å². The minimum atomic E-state index is 0.0300. The molecular weight excluding hydrogens is 140 g/mol. The Balaban J connectivity index is 3.12. The summed E-state index contributed by atoms with van der Waals surface area (Å²) in [5, 5.41) is 0. The highest BCUT2D eigenvalue weighted by Crippen LogP contribution is 2.02. The van der Waals surface area contributed by atoms with Gasteiger partial charge in [-0.1, -0.05) is 6.92 Å². The summed E-state index contributed by atoms with van der Waals surface area (Å²) < 4.78 is 1.59.